The molecule has 37 heavy (non-hydrogen) atoms. The second kappa shape index (κ2) is 12.3. The van der Waals surface area contributed by atoms with Crippen LogP contribution in [0.15, 0.2) is 54.6 Å². The number of carboxylic acids is 1. The SMILES string of the molecule is CC(CC(=O)O)N1CCc2ccccc2C1(NC(=O)COC1CCNCC1)C(=O)OCc1ccccc1. The Labute approximate surface area is 217 Å². The number of nitrogens with zero attached hydrogens (tertiary/aromatic N) is 1. The Balaban J connectivity index is 1.67. The summed E-state index contributed by atoms with van der Waals surface area (Å²) in [6, 6.07) is 16.2. The zero-order valence-electron chi connectivity index (χ0n) is 21.2. The number of amides is 1. The van der Waals surface area contributed by atoms with Crippen LogP contribution in [-0.4, -0.2) is 66.2 Å². The first kappa shape index (κ1) is 26.8. The minimum absolute atomic E-state index is 0.0200. The minimum Gasteiger partial charge on any atom is -0.481 e. The summed E-state index contributed by atoms with van der Waals surface area (Å²) in [6.07, 6.45) is 1.99. The Hall–Kier alpha value is -3.27. The van der Waals surface area contributed by atoms with E-state index in [0.717, 1.165) is 37.1 Å². The third-order valence-corrected chi connectivity index (χ3v) is 7.03. The highest BCUT2D eigenvalue weighted by atomic mass is 16.5. The molecule has 0 aromatic heterocycles. The van der Waals surface area contributed by atoms with Gasteiger partial charge in [0.25, 0.3) is 0 Å². The maximum atomic E-state index is 14.0. The number of aliphatic carboxylic acids is 1. The topological polar surface area (TPSA) is 117 Å². The van der Waals surface area contributed by atoms with Crippen LogP contribution in [-0.2, 0) is 42.5 Å². The number of carbonyl (C=O) groups excluding carboxylic acids is 2. The summed E-state index contributed by atoms with van der Waals surface area (Å²) in [5.41, 5.74) is 0.609. The molecular formula is C28H35N3O6. The van der Waals surface area contributed by atoms with Crippen LogP contribution in [0.25, 0.3) is 0 Å². The number of piperidine rings is 1. The molecule has 2 heterocycles. The van der Waals surface area contributed by atoms with Crippen molar-refractivity contribution in [3.63, 3.8) is 0 Å². The van der Waals surface area contributed by atoms with Crippen molar-refractivity contribution in [3.05, 3.63) is 71.3 Å². The molecule has 2 aromatic rings. The third-order valence-electron chi connectivity index (χ3n) is 7.03. The average Bonchev–Trinajstić information content (AvgIpc) is 2.91. The monoisotopic (exact) mass is 509 g/mol. The van der Waals surface area contributed by atoms with E-state index in [-0.39, 0.29) is 25.7 Å². The maximum absolute atomic E-state index is 14.0. The molecule has 1 saturated heterocycles. The van der Waals surface area contributed by atoms with Gasteiger partial charge in [-0.1, -0.05) is 54.6 Å². The Morgan fingerprint density at radius 2 is 1.81 bits per heavy atom. The number of carboxylic acid groups (broad SMARTS) is 1. The number of hydrogen-bond donors (Lipinski definition) is 3. The molecule has 9 nitrogen and oxygen atoms in total. The van der Waals surface area contributed by atoms with E-state index in [0.29, 0.717) is 18.5 Å². The van der Waals surface area contributed by atoms with Crippen LogP contribution in [0.2, 0.25) is 0 Å². The van der Waals surface area contributed by atoms with Crippen LogP contribution >= 0.6 is 0 Å². The van der Waals surface area contributed by atoms with Crippen LogP contribution in [0.1, 0.15) is 42.9 Å². The van der Waals surface area contributed by atoms with E-state index in [1.807, 2.05) is 42.5 Å². The Kier molecular flexibility index (Phi) is 8.91. The highest BCUT2D eigenvalue weighted by Crippen LogP contribution is 2.37. The third kappa shape index (κ3) is 6.36. The molecule has 0 radical (unpaired) electrons. The van der Waals surface area contributed by atoms with E-state index < -0.39 is 29.6 Å². The molecule has 1 fully saturated rings. The molecule has 9 heteroatoms. The standard InChI is InChI=1S/C28H35N3O6/c1-20(17-26(33)34)31-16-13-22-9-5-6-10-24(22)28(31,27(35)37-18-21-7-3-2-4-8-21)30-25(32)19-36-23-11-14-29-15-12-23/h2-10,20,23,29H,11-19H2,1H3,(H,30,32)(H,33,34). The van der Waals surface area contributed by atoms with E-state index in [4.69, 9.17) is 9.47 Å². The largest absolute Gasteiger partial charge is 0.481 e. The molecule has 4 rings (SSSR count). The molecule has 1 amide bonds. The second-order valence-electron chi connectivity index (χ2n) is 9.63. The highest BCUT2D eigenvalue weighted by Gasteiger charge is 2.53. The molecule has 0 aliphatic carbocycles. The predicted octanol–water partition coefficient (Wildman–Crippen LogP) is 2.19. The average molecular weight is 510 g/mol. The van der Waals surface area contributed by atoms with Gasteiger partial charge in [0.1, 0.15) is 13.2 Å². The normalized spacial score (nSPS) is 21.0. The van der Waals surface area contributed by atoms with Crippen LogP contribution in [0.3, 0.4) is 0 Å². The first-order valence-corrected chi connectivity index (χ1v) is 12.8. The smallest absolute Gasteiger partial charge is 0.352 e. The summed E-state index contributed by atoms with van der Waals surface area (Å²) in [6.45, 7) is 3.60. The van der Waals surface area contributed by atoms with Gasteiger partial charge in [-0.15, -0.1) is 0 Å². The van der Waals surface area contributed by atoms with Gasteiger partial charge in [0, 0.05) is 18.2 Å². The molecule has 3 N–H and O–H groups in total. The van der Waals surface area contributed by atoms with Crippen molar-refractivity contribution in [1.82, 2.24) is 15.5 Å². The predicted molar refractivity (Wildman–Crippen MR) is 136 cm³/mol. The van der Waals surface area contributed by atoms with Crippen LogP contribution in [0, 0.1) is 0 Å². The summed E-state index contributed by atoms with van der Waals surface area (Å²) < 4.78 is 11.7. The Morgan fingerprint density at radius 1 is 1.11 bits per heavy atom. The molecule has 2 aliphatic heterocycles. The molecule has 2 aliphatic rings. The lowest BCUT2D eigenvalue weighted by atomic mass is 9.85. The van der Waals surface area contributed by atoms with Crippen molar-refractivity contribution in [3.8, 4) is 0 Å². The summed E-state index contributed by atoms with van der Waals surface area (Å²) in [5, 5.41) is 15.7. The lowest BCUT2D eigenvalue weighted by Gasteiger charge is -2.48. The molecule has 198 valence electrons. The van der Waals surface area contributed by atoms with Gasteiger partial charge in [-0.2, -0.15) is 0 Å². The summed E-state index contributed by atoms with van der Waals surface area (Å²) in [4.78, 5) is 40.7. The van der Waals surface area contributed by atoms with Crippen molar-refractivity contribution >= 4 is 17.8 Å². The van der Waals surface area contributed by atoms with Gasteiger partial charge in [-0.05, 0) is 50.4 Å². The van der Waals surface area contributed by atoms with E-state index >= 15 is 0 Å². The molecule has 0 spiro atoms. The minimum atomic E-state index is -1.69. The van der Waals surface area contributed by atoms with Gasteiger partial charge in [0.2, 0.25) is 11.6 Å². The van der Waals surface area contributed by atoms with Gasteiger partial charge in [0.05, 0.1) is 12.5 Å². The number of hydrogen-bond acceptors (Lipinski definition) is 7. The molecule has 2 aromatic carbocycles. The molecule has 2 unspecified atom stereocenters. The number of rotatable bonds is 10. The fourth-order valence-corrected chi connectivity index (χ4v) is 5.21. The van der Waals surface area contributed by atoms with Gasteiger partial charge in [-0.3, -0.25) is 14.5 Å². The van der Waals surface area contributed by atoms with Gasteiger partial charge < -0.3 is 25.2 Å². The van der Waals surface area contributed by atoms with Crippen molar-refractivity contribution in [1.29, 1.82) is 0 Å². The first-order valence-electron chi connectivity index (χ1n) is 12.8. The van der Waals surface area contributed by atoms with E-state index in [1.165, 1.54) is 0 Å². The van der Waals surface area contributed by atoms with Crippen LogP contribution < -0.4 is 10.6 Å². The zero-order chi connectivity index (χ0) is 26.3. The summed E-state index contributed by atoms with van der Waals surface area (Å²) in [5.74, 6) is -2.10. The number of esters is 1. The van der Waals surface area contributed by atoms with Crippen molar-refractivity contribution < 1.29 is 29.0 Å². The quantitative estimate of drug-likeness (QED) is 0.418. The molecule has 0 saturated carbocycles. The Bertz CT molecular complexity index is 1090. The molecule has 0 bridgehead atoms. The lowest BCUT2D eigenvalue weighted by Crippen LogP contribution is -2.68. The van der Waals surface area contributed by atoms with Gasteiger partial charge >= 0.3 is 11.9 Å². The number of ether oxygens (including phenoxy) is 2. The van der Waals surface area contributed by atoms with E-state index in [2.05, 4.69) is 10.6 Å². The summed E-state index contributed by atoms with van der Waals surface area (Å²) >= 11 is 0. The maximum Gasteiger partial charge on any atom is 0.352 e. The van der Waals surface area contributed by atoms with E-state index in [1.54, 1.807) is 24.0 Å². The number of carbonyl (C=O) groups is 3. The van der Waals surface area contributed by atoms with Crippen molar-refractivity contribution in [2.75, 3.05) is 26.2 Å². The van der Waals surface area contributed by atoms with Crippen molar-refractivity contribution in [2.45, 2.75) is 57.0 Å². The number of fused-ring (bicyclic) bond motifs is 1. The zero-order valence-corrected chi connectivity index (χ0v) is 21.2. The summed E-state index contributed by atoms with van der Waals surface area (Å²) in [7, 11) is 0. The second-order valence-corrected chi connectivity index (χ2v) is 9.63. The van der Waals surface area contributed by atoms with Gasteiger partial charge in [-0.25, -0.2) is 4.79 Å². The van der Waals surface area contributed by atoms with Crippen molar-refractivity contribution in [2.24, 2.45) is 0 Å². The first-order chi connectivity index (χ1) is 17.9. The highest BCUT2D eigenvalue weighted by molar-refractivity contribution is 5.90. The number of nitrogens with one attached hydrogen (secondary N) is 2. The van der Waals surface area contributed by atoms with E-state index in [9.17, 15) is 19.5 Å². The van der Waals surface area contributed by atoms with Crippen LogP contribution in [0.5, 0.6) is 0 Å². The fraction of sp³-hybridized carbons (Fsp3) is 0.464. The fourth-order valence-electron chi connectivity index (χ4n) is 5.21. The van der Waals surface area contributed by atoms with Gasteiger partial charge in [0.15, 0.2) is 0 Å². The number of benzene rings is 2. The van der Waals surface area contributed by atoms with Crippen LogP contribution in [0.4, 0.5) is 0 Å². The molecule has 2 atom stereocenters. The lowest BCUT2D eigenvalue weighted by molar-refractivity contribution is -0.172. The Morgan fingerprint density at radius 3 is 2.54 bits per heavy atom. The molecular weight excluding hydrogens is 474 g/mol.